The number of nitrogens with two attached hydrogens (primary N) is 2. The monoisotopic (exact) mass is 671 g/mol. The Morgan fingerprint density at radius 3 is 2.23 bits per heavy atom. The van der Waals surface area contributed by atoms with Gasteiger partial charge in [-0.3, -0.25) is 19.7 Å². The number of rotatable bonds is 20. The second kappa shape index (κ2) is 21.8. The molecule has 0 bridgehead atoms. The number of likely N-dealkylation sites (tertiary alicyclic amines) is 1. The van der Waals surface area contributed by atoms with E-state index in [1.165, 1.54) is 4.90 Å². The Hall–Kier alpha value is -4.04. The minimum atomic E-state index is -1.02. The van der Waals surface area contributed by atoms with Crippen LogP contribution >= 0.6 is 0 Å². The topological polar surface area (TPSA) is 218 Å². The van der Waals surface area contributed by atoms with Crippen LogP contribution in [0.2, 0.25) is 0 Å². The third kappa shape index (κ3) is 15.2. The number of aliphatic hydroxyl groups is 1. The van der Waals surface area contributed by atoms with Crippen molar-refractivity contribution in [3.63, 3.8) is 0 Å². The van der Waals surface area contributed by atoms with Crippen LogP contribution in [0.5, 0.6) is 5.75 Å². The maximum absolute atomic E-state index is 13.1. The molecule has 1 unspecified atom stereocenters. The lowest BCUT2D eigenvalue weighted by Gasteiger charge is -2.29. The fourth-order valence-corrected chi connectivity index (χ4v) is 5.26. The number of aliphatic hydroxyl groups excluding tert-OH is 1. The minimum absolute atomic E-state index is 0.223. The molecule has 3 rings (SSSR count). The summed E-state index contributed by atoms with van der Waals surface area (Å²) in [7, 11) is 0. The van der Waals surface area contributed by atoms with Gasteiger partial charge >= 0.3 is 11.9 Å². The molecule has 0 spiro atoms. The molecule has 0 aromatic heterocycles. The molecule has 48 heavy (non-hydrogen) atoms. The molecule has 2 aromatic rings. The van der Waals surface area contributed by atoms with Crippen molar-refractivity contribution in [2.24, 2.45) is 11.5 Å². The Balaban J connectivity index is 0.000000365. The van der Waals surface area contributed by atoms with Gasteiger partial charge in [-0.1, -0.05) is 62.7 Å². The molecule has 0 saturated carbocycles. The fraction of sp³-hybridized carbons (Fsp3) is 0.543. The van der Waals surface area contributed by atoms with Crippen LogP contribution in [-0.2, 0) is 32.0 Å². The van der Waals surface area contributed by atoms with Gasteiger partial charge in [0.2, 0.25) is 11.8 Å². The first kappa shape index (κ1) is 40.1. The Kier molecular flexibility index (Phi) is 18.2. The van der Waals surface area contributed by atoms with Crippen LogP contribution in [0.3, 0.4) is 0 Å². The number of ether oxygens (including phenoxy) is 1. The molecule has 2 amide bonds. The zero-order chi connectivity index (χ0) is 35.5. The van der Waals surface area contributed by atoms with Crippen molar-refractivity contribution in [2.45, 2.75) is 95.5 Å². The molecule has 0 radical (unpaired) electrons. The van der Waals surface area contributed by atoms with Crippen LogP contribution in [0.15, 0.2) is 54.6 Å². The van der Waals surface area contributed by atoms with Crippen molar-refractivity contribution >= 4 is 23.8 Å². The minimum Gasteiger partial charge on any atom is -0.491 e. The largest absolute Gasteiger partial charge is 0.491 e. The van der Waals surface area contributed by atoms with Gasteiger partial charge in [0.15, 0.2) is 0 Å². The van der Waals surface area contributed by atoms with Gasteiger partial charge in [0.1, 0.15) is 30.5 Å². The third-order valence-electron chi connectivity index (χ3n) is 7.84. The SMILES string of the molecule is CC(C)NCC(O)COc1ccc(CC(N)=O)cc1.NCCCC[C@H](N[C@@H](CCc1ccccc1)C(=O)O)C(=O)N1CCC[C@H]1C(=O)O. The second-order valence-electron chi connectivity index (χ2n) is 12.3. The highest BCUT2D eigenvalue weighted by molar-refractivity contribution is 5.88. The highest BCUT2D eigenvalue weighted by atomic mass is 16.5. The predicted octanol–water partition coefficient (Wildman–Crippen LogP) is 1.69. The summed E-state index contributed by atoms with van der Waals surface area (Å²) in [6, 6.07) is 14.5. The summed E-state index contributed by atoms with van der Waals surface area (Å²) in [5.74, 6) is -2.07. The van der Waals surface area contributed by atoms with E-state index < -0.39 is 36.2 Å². The molecular formula is C35H53N5O8. The number of nitrogens with zero attached hydrogens (tertiary/aromatic N) is 1. The summed E-state index contributed by atoms with van der Waals surface area (Å²) in [6.45, 7) is 5.63. The van der Waals surface area contributed by atoms with Gasteiger partial charge < -0.3 is 41.7 Å². The molecular weight excluding hydrogens is 618 g/mol. The Labute approximate surface area is 283 Å². The third-order valence-corrected chi connectivity index (χ3v) is 7.84. The maximum atomic E-state index is 13.1. The van der Waals surface area contributed by atoms with Crippen LogP contribution in [0.1, 0.15) is 63.5 Å². The van der Waals surface area contributed by atoms with E-state index in [1.807, 2.05) is 44.2 Å². The van der Waals surface area contributed by atoms with Crippen molar-refractivity contribution < 1.29 is 39.2 Å². The molecule has 1 aliphatic heterocycles. The van der Waals surface area contributed by atoms with E-state index in [0.717, 1.165) is 17.5 Å². The van der Waals surface area contributed by atoms with Crippen LogP contribution in [0.25, 0.3) is 0 Å². The number of aliphatic carboxylic acids is 2. The molecule has 4 atom stereocenters. The number of hydrogen-bond acceptors (Lipinski definition) is 9. The first-order valence-corrected chi connectivity index (χ1v) is 16.6. The van der Waals surface area contributed by atoms with E-state index in [9.17, 15) is 34.5 Å². The number of carboxylic acid groups (broad SMARTS) is 2. The molecule has 266 valence electrons. The molecule has 2 aromatic carbocycles. The van der Waals surface area contributed by atoms with E-state index in [-0.39, 0.29) is 24.8 Å². The number of amides is 2. The van der Waals surface area contributed by atoms with E-state index >= 15 is 0 Å². The molecule has 1 saturated heterocycles. The number of carbonyl (C=O) groups excluding carboxylic acids is 2. The summed E-state index contributed by atoms with van der Waals surface area (Å²) in [5, 5.41) is 34.9. The number of primary amides is 1. The highest BCUT2D eigenvalue weighted by Gasteiger charge is 2.38. The zero-order valence-corrected chi connectivity index (χ0v) is 28.1. The van der Waals surface area contributed by atoms with Gasteiger partial charge in [-0.05, 0) is 68.3 Å². The quantitative estimate of drug-likeness (QED) is 0.101. The highest BCUT2D eigenvalue weighted by Crippen LogP contribution is 2.20. The lowest BCUT2D eigenvalue weighted by atomic mass is 10.0. The van der Waals surface area contributed by atoms with Crippen molar-refractivity contribution in [3.8, 4) is 5.75 Å². The summed E-state index contributed by atoms with van der Waals surface area (Å²) in [4.78, 5) is 48.4. The van der Waals surface area contributed by atoms with Gasteiger partial charge in [-0.25, -0.2) is 4.79 Å². The van der Waals surface area contributed by atoms with Gasteiger partial charge in [-0.15, -0.1) is 0 Å². The van der Waals surface area contributed by atoms with Gasteiger partial charge in [0.25, 0.3) is 0 Å². The number of carboxylic acids is 2. The number of aryl methyl sites for hydroxylation is 1. The van der Waals surface area contributed by atoms with E-state index in [4.69, 9.17) is 16.2 Å². The molecule has 0 aliphatic carbocycles. The first-order valence-electron chi connectivity index (χ1n) is 16.6. The van der Waals surface area contributed by atoms with Gasteiger partial charge in [0, 0.05) is 19.1 Å². The number of hydrogen-bond donors (Lipinski definition) is 7. The Morgan fingerprint density at radius 2 is 1.65 bits per heavy atom. The normalized spacial score (nSPS) is 16.0. The van der Waals surface area contributed by atoms with Crippen molar-refractivity contribution in [1.82, 2.24) is 15.5 Å². The summed E-state index contributed by atoms with van der Waals surface area (Å²) < 4.78 is 5.45. The fourth-order valence-electron chi connectivity index (χ4n) is 5.26. The number of benzene rings is 2. The van der Waals surface area contributed by atoms with E-state index in [1.54, 1.807) is 24.3 Å². The van der Waals surface area contributed by atoms with Crippen molar-refractivity contribution in [3.05, 3.63) is 65.7 Å². The number of carbonyl (C=O) groups is 4. The smallest absolute Gasteiger partial charge is 0.326 e. The summed E-state index contributed by atoms with van der Waals surface area (Å²) in [5.41, 5.74) is 12.5. The molecule has 1 fully saturated rings. The average Bonchev–Trinajstić information content (AvgIpc) is 3.55. The molecule has 13 heteroatoms. The van der Waals surface area contributed by atoms with Crippen LogP contribution in [0, 0.1) is 0 Å². The molecule has 1 aliphatic rings. The summed E-state index contributed by atoms with van der Waals surface area (Å²) in [6.07, 6.45) is 3.44. The van der Waals surface area contributed by atoms with Crippen LogP contribution in [0.4, 0.5) is 0 Å². The number of unbranched alkanes of at least 4 members (excludes halogenated alkanes) is 1. The zero-order valence-electron chi connectivity index (χ0n) is 28.1. The molecule has 13 nitrogen and oxygen atoms in total. The lowest BCUT2D eigenvalue weighted by molar-refractivity contribution is -0.149. The van der Waals surface area contributed by atoms with E-state index in [0.29, 0.717) is 70.0 Å². The van der Waals surface area contributed by atoms with Crippen molar-refractivity contribution in [2.75, 3.05) is 26.2 Å². The molecule has 9 N–H and O–H groups in total. The van der Waals surface area contributed by atoms with Gasteiger partial charge in [-0.2, -0.15) is 0 Å². The Morgan fingerprint density at radius 1 is 0.958 bits per heavy atom. The van der Waals surface area contributed by atoms with Crippen molar-refractivity contribution in [1.29, 1.82) is 0 Å². The second-order valence-corrected chi connectivity index (χ2v) is 12.3. The Bertz CT molecular complexity index is 1260. The van der Waals surface area contributed by atoms with E-state index in [2.05, 4.69) is 10.6 Å². The number of nitrogens with one attached hydrogen (secondary N) is 2. The molecule has 1 heterocycles. The average molecular weight is 672 g/mol. The maximum Gasteiger partial charge on any atom is 0.326 e. The lowest BCUT2D eigenvalue weighted by Crippen LogP contribution is -2.54. The predicted molar refractivity (Wildman–Crippen MR) is 182 cm³/mol. The van der Waals surface area contributed by atoms with Crippen LogP contribution < -0.4 is 26.8 Å². The van der Waals surface area contributed by atoms with Gasteiger partial charge in [0.05, 0.1) is 12.5 Å². The van der Waals surface area contributed by atoms with Crippen LogP contribution in [-0.4, -0.2) is 100 Å². The summed E-state index contributed by atoms with van der Waals surface area (Å²) >= 11 is 0. The standard InChI is InChI=1S/C21H31N3O5.C14H22N2O3/c22-13-5-4-9-16(19(25)24-14-6-10-18(24)21(28)29)23-17(20(26)27)12-11-15-7-2-1-3-8-15;1-10(2)16-8-12(17)9-19-13-5-3-11(4-6-13)7-14(15)18/h1-3,7-8,16-18,23H,4-6,9-14,22H2,(H,26,27)(H,28,29);3-6,10,12,16-17H,7-9H2,1-2H3,(H2,15,18)/t16-,17-,18-;/m0./s1. The first-order chi connectivity index (χ1) is 22.9.